The molecule has 2 aliphatic rings. The van der Waals surface area contributed by atoms with Gasteiger partial charge in [-0.25, -0.2) is 0 Å². The van der Waals surface area contributed by atoms with Crippen molar-refractivity contribution in [3.8, 4) is 0 Å². The number of non-ortho nitro benzene ring substituents is 1. The molecule has 2 atom stereocenters. The van der Waals surface area contributed by atoms with Gasteiger partial charge < -0.3 is 16.0 Å². The standard InChI is InChI=1S/C35H39N5O4/c1-24-30(33(36)41)32(26-14-16-29(17-15-26)40(43)44)31(25(2)38-24)34(42)37-20-9-21-39-22-18-35(19-23-39,27-10-5-3-6-11-27)28-12-7-4-8-13-28/h3-8,10-17,30,32H,9,18-23H2,1-2H3,(H2,36,41)(H,37,42). The highest BCUT2D eigenvalue weighted by atomic mass is 16.6. The number of rotatable bonds is 10. The molecule has 0 aliphatic carbocycles. The number of nitrogens with two attached hydrogens (primary N) is 1. The van der Waals surface area contributed by atoms with Crippen LogP contribution in [0, 0.1) is 16.0 Å². The zero-order chi connectivity index (χ0) is 31.3. The monoisotopic (exact) mass is 593 g/mol. The van der Waals surface area contributed by atoms with Crippen LogP contribution in [0.25, 0.3) is 0 Å². The summed E-state index contributed by atoms with van der Waals surface area (Å²) < 4.78 is 0. The first-order valence-electron chi connectivity index (χ1n) is 15.1. The maximum atomic E-state index is 13.6. The van der Waals surface area contributed by atoms with Crippen LogP contribution in [0.1, 0.15) is 55.7 Å². The molecule has 2 heterocycles. The molecule has 9 nitrogen and oxygen atoms in total. The number of hydrogen-bond acceptors (Lipinski definition) is 6. The lowest BCUT2D eigenvalue weighted by Gasteiger charge is -2.43. The van der Waals surface area contributed by atoms with Crippen molar-refractivity contribution >= 4 is 23.2 Å². The van der Waals surface area contributed by atoms with E-state index in [4.69, 9.17) is 5.73 Å². The van der Waals surface area contributed by atoms with E-state index < -0.39 is 22.7 Å². The van der Waals surface area contributed by atoms with Crippen molar-refractivity contribution in [3.63, 3.8) is 0 Å². The molecule has 0 spiro atoms. The minimum absolute atomic E-state index is 0.0132. The fourth-order valence-corrected chi connectivity index (χ4v) is 6.88. The molecule has 0 radical (unpaired) electrons. The number of nitrogens with zero attached hydrogens (tertiary/aromatic N) is 3. The fourth-order valence-electron chi connectivity index (χ4n) is 6.88. The summed E-state index contributed by atoms with van der Waals surface area (Å²) in [6, 6.07) is 27.4. The molecule has 1 fully saturated rings. The Hall–Kier alpha value is -4.63. The molecule has 2 amide bonds. The van der Waals surface area contributed by atoms with E-state index >= 15 is 0 Å². The predicted molar refractivity (Wildman–Crippen MR) is 171 cm³/mol. The van der Waals surface area contributed by atoms with Gasteiger partial charge in [0.2, 0.25) is 11.8 Å². The second kappa shape index (κ2) is 13.3. The van der Waals surface area contributed by atoms with E-state index in [9.17, 15) is 19.7 Å². The van der Waals surface area contributed by atoms with Gasteiger partial charge in [0.25, 0.3) is 5.69 Å². The van der Waals surface area contributed by atoms with Gasteiger partial charge in [0.05, 0.1) is 10.8 Å². The summed E-state index contributed by atoms with van der Waals surface area (Å²) in [5.74, 6) is -2.42. The third kappa shape index (κ3) is 6.33. The minimum Gasteiger partial charge on any atom is -0.369 e. The van der Waals surface area contributed by atoms with Crippen LogP contribution in [0.3, 0.4) is 0 Å². The van der Waals surface area contributed by atoms with Gasteiger partial charge in [-0.3, -0.25) is 24.7 Å². The van der Waals surface area contributed by atoms with Crippen molar-refractivity contribution in [2.45, 2.75) is 44.4 Å². The number of nitro benzene ring substituents is 1. The van der Waals surface area contributed by atoms with Crippen LogP contribution in [0.5, 0.6) is 0 Å². The van der Waals surface area contributed by atoms with Gasteiger partial charge in [0.15, 0.2) is 0 Å². The van der Waals surface area contributed by atoms with Crippen molar-refractivity contribution in [2.24, 2.45) is 16.6 Å². The van der Waals surface area contributed by atoms with Gasteiger partial charge in [0, 0.05) is 47.0 Å². The molecule has 228 valence electrons. The number of primary amides is 1. The molecule has 0 aromatic heterocycles. The van der Waals surface area contributed by atoms with Gasteiger partial charge in [-0.15, -0.1) is 0 Å². The van der Waals surface area contributed by atoms with E-state index in [-0.39, 0.29) is 17.0 Å². The second-order valence-corrected chi connectivity index (χ2v) is 11.7. The molecule has 3 aromatic carbocycles. The molecule has 2 aliphatic heterocycles. The number of carbonyl (C=O) groups is 2. The largest absolute Gasteiger partial charge is 0.369 e. The maximum absolute atomic E-state index is 13.6. The third-order valence-electron chi connectivity index (χ3n) is 9.14. The Balaban J connectivity index is 1.23. The Morgan fingerprint density at radius 1 is 0.955 bits per heavy atom. The number of nitro groups is 1. The quantitative estimate of drug-likeness (QED) is 0.192. The molecular weight excluding hydrogens is 554 g/mol. The smallest absolute Gasteiger partial charge is 0.269 e. The van der Waals surface area contributed by atoms with Crippen LogP contribution < -0.4 is 11.1 Å². The number of benzene rings is 3. The fraction of sp³-hybridized carbons (Fsp3) is 0.343. The average molecular weight is 594 g/mol. The highest BCUT2D eigenvalue weighted by Gasteiger charge is 2.40. The van der Waals surface area contributed by atoms with Crippen LogP contribution in [0.15, 0.2) is 101 Å². The number of allylic oxidation sites excluding steroid dienone is 1. The first kappa shape index (κ1) is 30.8. The number of amides is 2. The van der Waals surface area contributed by atoms with Crippen molar-refractivity contribution in [3.05, 3.63) is 123 Å². The molecule has 1 saturated heterocycles. The van der Waals surface area contributed by atoms with Crippen molar-refractivity contribution in [1.29, 1.82) is 0 Å². The zero-order valence-electron chi connectivity index (χ0n) is 25.2. The first-order valence-corrected chi connectivity index (χ1v) is 15.1. The number of piperidine rings is 1. The van der Waals surface area contributed by atoms with Gasteiger partial charge >= 0.3 is 0 Å². The first-order chi connectivity index (χ1) is 21.2. The summed E-state index contributed by atoms with van der Waals surface area (Å²) in [6.45, 7) is 6.69. The second-order valence-electron chi connectivity index (χ2n) is 11.7. The van der Waals surface area contributed by atoms with Crippen molar-refractivity contribution in [1.82, 2.24) is 10.2 Å². The molecular formula is C35H39N5O4. The van der Waals surface area contributed by atoms with Crippen LogP contribution >= 0.6 is 0 Å². The normalized spacial score (nSPS) is 20.1. The van der Waals surface area contributed by atoms with E-state index in [0.717, 1.165) is 38.9 Å². The molecule has 9 heteroatoms. The Labute approximate surface area is 258 Å². The summed E-state index contributed by atoms with van der Waals surface area (Å²) >= 11 is 0. The highest BCUT2D eigenvalue weighted by molar-refractivity contribution is 6.08. The summed E-state index contributed by atoms with van der Waals surface area (Å²) in [7, 11) is 0. The van der Waals surface area contributed by atoms with E-state index in [1.165, 1.54) is 23.3 Å². The topological polar surface area (TPSA) is 131 Å². The SMILES string of the molecule is CC1=NC(C)=C(C(=O)NCCCN2CCC(c3ccccc3)(c3ccccc3)CC2)C(c2ccc([N+](=O)[O-])cc2)C1C(N)=O. The van der Waals surface area contributed by atoms with E-state index in [1.54, 1.807) is 26.0 Å². The van der Waals surface area contributed by atoms with Gasteiger partial charge in [-0.2, -0.15) is 0 Å². The van der Waals surface area contributed by atoms with Crippen molar-refractivity contribution in [2.75, 3.05) is 26.2 Å². The molecule has 2 unspecified atom stereocenters. The van der Waals surface area contributed by atoms with Crippen LogP contribution in [0.4, 0.5) is 5.69 Å². The minimum atomic E-state index is -0.830. The lowest BCUT2D eigenvalue weighted by Crippen LogP contribution is -2.44. The summed E-state index contributed by atoms with van der Waals surface area (Å²) in [5.41, 5.74) is 10.4. The molecule has 3 N–H and O–H groups in total. The number of hydrogen-bond donors (Lipinski definition) is 2. The molecule has 0 saturated carbocycles. The Morgan fingerprint density at radius 3 is 2.05 bits per heavy atom. The number of likely N-dealkylation sites (tertiary alicyclic amines) is 1. The molecule has 0 bridgehead atoms. The summed E-state index contributed by atoms with van der Waals surface area (Å²) in [4.78, 5) is 43.8. The van der Waals surface area contributed by atoms with E-state index in [1.807, 2.05) is 0 Å². The van der Waals surface area contributed by atoms with Gasteiger partial charge in [0.1, 0.15) is 0 Å². The van der Waals surface area contributed by atoms with E-state index in [2.05, 4.69) is 75.9 Å². The highest BCUT2D eigenvalue weighted by Crippen LogP contribution is 2.42. The molecule has 44 heavy (non-hydrogen) atoms. The zero-order valence-corrected chi connectivity index (χ0v) is 25.2. The lowest BCUT2D eigenvalue weighted by molar-refractivity contribution is -0.384. The molecule has 5 rings (SSSR count). The Bertz CT molecular complexity index is 1520. The van der Waals surface area contributed by atoms with Crippen molar-refractivity contribution < 1.29 is 14.5 Å². The van der Waals surface area contributed by atoms with E-state index in [0.29, 0.717) is 29.1 Å². The Kier molecular flexibility index (Phi) is 9.35. The maximum Gasteiger partial charge on any atom is 0.269 e. The number of carbonyl (C=O) groups excluding carboxylic acids is 2. The molecule has 3 aromatic rings. The lowest BCUT2D eigenvalue weighted by atomic mass is 9.68. The van der Waals surface area contributed by atoms with Gasteiger partial charge in [-0.1, -0.05) is 72.8 Å². The third-order valence-corrected chi connectivity index (χ3v) is 9.14. The average Bonchev–Trinajstić information content (AvgIpc) is 3.03. The summed E-state index contributed by atoms with van der Waals surface area (Å²) in [5, 5.41) is 14.2. The van der Waals surface area contributed by atoms with Crippen LogP contribution in [-0.4, -0.2) is 53.5 Å². The Morgan fingerprint density at radius 2 is 1.52 bits per heavy atom. The number of nitrogens with one attached hydrogen (secondary N) is 1. The van der Waals surface area contributed by atoms with Crippen LogP contribution in [-0.2, 0) is 15.0 Å². The van der Waals surface area contributed by atoms with Crippen LogP contribution in [0.2, 0.25) is 0 Å². The van der Waals surface area contributed by atoms with Gasteiger partial charge in [-0.05, 0) is 69.4 Å². The summed E-state index contributed by atoms with van der Waals surface area (Å²) in [6.07, 6.45) is 2.80. The predicted octanol–water partition coefficient (Wildman–Crippen LogP) is 5.12. The number of aliphatic imine (C=N–C) groups is 1.